The molecule has 4 rings (SSSR count). The van der Waals surface area contributed by atoms with Crippen molar-refractivity contribution in [1.82, 2.24) is 24.7 Å². The van der Waals surface area contributed by atoms with Gasteiger partial charge in [-0.1, -0.05) is 18.1 Å². The molecule has 0 bridgehead atoms. The number of aryl methyl sites for hydroxylation is 3. The molecule has 8 heteroatoms. The summed E-state index contributed by atoms with van der Waals surface area (Å²) in [6.07, 6.45) is 5.50. The van der Waals surface area contributed by atoms with Crippen LogP contribution in [0.15, 0.2) is 53.6 Å². The normalized spacial score (nSPS) is 10.9. The fraction of sp³-hybridized carbons (Fsp3) is 0.190. The fourth-order valence-electron chi connectivity index (χ4n) is 3.07. The Bertz CT molecular complexity index is 1160. The second-order valence-electron chi connectivity index (χ2n) is 6.74. The van der Waals surface area contributed by atoms with Crippen LogP contribution < -0.4 is 5.32 Å². The molecular formula is C21H20N6O2. The van der Waals surface area contributed by atoms with Gasteiger partial charge in [0.05, 0.1) is 5.56 Å². The lowest BCUT2D eigenvalue weighted by Crippen LogP contribution is -2.12. The molecule has 3 aromatic heterocycles. The molecule has 1 N–H and O–H groups in total. The molecule has 1 amide bonds. The Morgan fingerprint density at radius 1 is 1.17 bits per heavy atom. The van der Waals surface area contributed by atoms with Gasteiger partial charge in [-0.2, -0.15) is 4.98 Å². The fourth-order valence-corrected chi connectivity index (χ4v) is 3.07. The first-order valence-electron chi connectivity index (χ1n) is 9.25. The maximum atomic E-state index is 12.6. The Morgan fingerprint density at radius 3 is 2.69 bits per heavy atom. The molecule has 0 saturated heterocycles. The van der Waals surface area contributed by atoms with Crippen LogP contribution in [-0.2, 0) is 6.42 Å². The molecule has 0 atom stereocenters. The summed E-state index contributed by atoms with van der Waals surface area (Å²) < 4.78 is 7.01. The number of imidazole rings is 1. The largest absolute Gasteiger partial charge is 0.334 e. The highest BCUT2D eigenvalue weighted by molar-refractivity contribution is 6.02. The summed E-state index contributed by atoms with van der Waals surface area (Å²) in [5, 5.41) is 6.82. The molecule has 0 aliphatic carbocycles. The second kappa shape index (κ2) is 7.67. The Hall–Kier alpha value is -3.81. The number of pyridine rings is 1. The number of nitrogens with one attached hydrogen (secondary N) is 1. The first kappa shape index (κ1) is 18.5. The number of anilines is 1. The van der Waals surface area contributed by atoms with Crippen LogP contribution in [-0.4, -0.2) is 30.6 Å². The molecular weight excluding hydrogens is 368 g/mol. The Morgan fingerprint density at radius 2 is 1.97 bits per heavy atom. The number of benzene rings is 1. The third kappa shape index (κ3) is 3.91. The summed E-state index contributed by atoms with van der Waals surface area (Å²) in [6.45, 7) is 5.93. The van der Waals surface area contributed by atoms with Crippen molar-refractivity contribution in [2.45, 2.75) is 27.2 Å². The van der Waals surface area contributed by atoms with Crippen molar-refractivity contribution in [2.75, 3.05) is 5.32 Å². The Kier molecular flexibility index (Phi) is 4.90. The minimum atomic E-state index is -0.294. The van der Waals surface area contributed by atoms with Crippen LogP contribution in [0.5, 0.6) is 0 Å². The van der Waals surface area contributed by atoms with E-state index in [9.17, 15) is 4.79 Å². The average Bonchev–Trinajstić information content (AvgIpc) is 3.37. The van der Waals surface area contributed by atoms with Crippen LogP contribution in [0.1, 0.15) is 34.4 Å². The number of amides is 1. The van der Waals surface area contributed by atoms with Crippen LogP contribution in [0.3, 0.4) is 0 Å². The van der Waals surface area contributed by atoms with Crippen molar-refractivity contribution >= 4 is 11.6 Å². The monoisotopic (exact) mass is 388 g/mol. The summed E-state index contributed by atoms with van der Waals surface area (Å²) in [5.74, 6) is 1.25. The predicted octanol–water partition coefficient (Wildman–Crippen LogP) is 3.75. The molecule has 29 heavy (non-hydrogen) atoms. The van der Waals surface area contributed by atoms with E-state index in [1.807, 2.05) is 39.0 Å². The van der Waals surface area contributed by atoms with Gasteiger partial charge in [0, 0.05) is 24.5 Å². The van der Waals surface area contributed by atoms with Gasteiger partial charge in [-0.15, -0.1) is 0 Å². The molecule has 1 aromatic carbocycles. The Labute approximate surface area is 167 Å². The predicted molar refractivity (Wildman–Crippen MR) is 108 cm³/mol. The molecule has 4 aromatic rings. The molecule has 0 unspecified atom stereocenters. The van der Waals surface area contributed by atoms with E-state index in [4.69, 9.17) is 4.52 Å². The van der Waals surface area contributed by atoms with Crippen molar-refractivity contribution < 1.29 is 9.32 Å². The molecule has 0 radical (unpaired) electrons. The number of aromatic nitrogens is 5. The van der Waals surface area contributed by atoms with E-state index in [1.54, 1.807) is 29.4 Å². The third-order valence-electron chi connectivity index (χ3n) is 4.34. The molecule has 0 fully saturated rings. The van der Waals surface area contributed by atoms with E-state index < -0.39 is 0 Å². The highest BCUT2D eigenvalue weighted by atomic mass is 16.5. The number of carbonyl (C=O) groups is 1. The van der Waals surface area contributed by atoms with Gasteiger partial charge in [0.1, 0.15) is 12.0 Å². The van der Waals surface area contributed by atoms with Gasteiger partial charge in [-0.25, -0.2) is 9.97 Å². The smallest absolute Gasteiger partial charge is 0.275 e. The lowest BCUT2D eigenvalue weighted by atomic mass is 10.1. The zero-order valence-corrected chi connectivity index (χ0v) is 16.4. The van der Waals surface area contributed by atoms with Gasteiger partial charge >= 0.3 is 0 Å². The van der Waals surface area contributed by atoms with Crippen LogP contribution in [0, 0.1) is 13.8 Å². The lowest BCUT2D eigenvalue weighted by Gasteiger charge is -2.06. The average molecular weight is 388 g/mol. The van der Waals surface area contributed by atoms with Crippen LogP contribution >= 0.6 is 0 Å². The molecule has 0 spiro atoms. The van der Waals surface area contributed by atoms with Gasteiger partial charge in [0.2, 0.25) is 0 Å². The minimum Gasteiger partial charge on any atom is -0.334 e. The lowest BCUT2D eigenvalue weighted by molar-refractivity contribution is 0.102. The highest BCUT2D eigenvalue weighted by Gasteiger charge is 2.17. The first-order chi connectivity index (χ1) is 14.0. The number of hydrogen-bond acceptors (Lipinski definition) is 6. The maximum Gasteiger partial charge on any atom is 0.275 e. The number of carbonyl (C=O) groups excluding carboxylic acids is 1. The van der Waals surface area contributed by atoms with Crippen molar-refractivity contribution in [1.29, 1.82) is 0 Å². The van der Waals surface area contributed by atoms with Crippen LogP contribution in [0.25, 0.3) is 17.3 Å². The van der Waals surface area contributed by atoms with Gasteiger partial charge in [0.15, 0.2) is 11.6 Å². The highest BCUT2D eigenvalue weighted by Crippen LogP contribution is 2.24. The zero-order chi connectivity index (χ0) is 20.4. The number of nitrogens with zero attached hydrogens (tertiary/aromatic N) is 5. The van der Waals surface area contributed by atoms with Gasteiger partial charge < -0.3 is 9.84 Å². The van der Waals surface area contributed by atoms with Crippen molar-refractivity contribution in [2.24, 2.45) is 0 Å². The van der Waals surface area contributed by atoms with E-state index >= 15 is 0 Å². The van der Waals surface area contributed by atoms with Crippen LogP contribution in [0.4, 0.5) is 5.69 Å². The van der Waals surface area contributed by atoms with E-state index in [0.717, 1.165) is 16.8 Å². The molecule has 0 aliphatic heterocycles. The topological polar surface area (TPSA) is 98.7 Å². The van der Waals surface area contributed by atoms with E-state index in [0.29, 0.717) is 29.5 Å². The zero-order valence-electron chi connectivity index (χ0n) is 16.4. The van der Waals surface area contributed by atoms with Gasteiger partial charge in [-0.05, 0) is 49.2 Å². The first-order valence-corrected chi connectivity index (χ1v) is 9.25. The quantitative estimate of drug-likeness (QED) is 0.559. The molecule has 146 valence electrons. The standard InChI is InChI=1S/C21H20N6O2/c1-4-18-25-21(29-26-18)16-6-5-7-22-19(16)27-11-17(23-12-27)20(28)24-15-9-13(2)8-14(3)10-15/h5-12H,4H2,1-3H3,(H,24,28). The minimum absolute atomic E-state index is 0.278. The summed E-state index contributed by atoms with van der Waals surface area (Å²) in [7, 11) is 0. The van der Waals surface area contributed by atoms with Gasteiger partial charge in [-0.3, -0.25) is 9.36 Å². The van der Waals surface area contributed by atoms with Gasteiger partial charge in [0.25, 0.3) is 11.8 Å². The second-order valence-corrected chi connectivity index (χ2v) is 6.74. The van der Waals surface area contributed by atoms with Crippen molar-refractivity contribution in [3.63, 3.8) is 0 Å². The van der Waals surface area contributed by atoms with Crippen molar-refractivity contribution in [3.05, 3.63) is 71.7 Å². The number of hydrogen-bond donors (Lipinski definition) is 1. The molecule has 8 nitrogen and oxygen atoms in total. The van der Waals surface area contributed by atoms with E-state index in [2.05, 4.69) is 31.5 Å². The van der Waals surface area contributed by atoms with Crippen LogP contribution in [0.2, 0.25) is 0 Å². The summed E-state index contributed by atoms with van der Waals surface area (Å²) in [4.78, 5) is 25.6. The number of rotatable bonds is 5. The summed E-state index contributed by atoms with van der Waals surface area (Å²) in [5.41, 5.74) is 3.84. The third-order valence-corrected chi connectivity index (χ3v) is 4.34. The molecule has 0 saturated carbocycles. The maximum absolute atomic E-state index is 12.6. The molecule has 0 aliphatic rings. The Balaban J connectivity index is 1.62. The summed E-state index contributed by atoms with van der Waals surface area (Å²) in [6, 6.07) is 9.51. The van der Waals surface area contributed by atoms with E-state index in [-0.39, 0.29) is 11.6 Å². The summed E-state index contributed by atoms with van der Waals surface area (Å²) >= 11 is 0. The van der Waals surface area contributed by atoms with E-state index in [1.165, 1.54) is 0 Å². The molecule has 3 heterocycles. The SMILES string of the molecule is CCc1noc(-c2cccnc2-n2cnc(C(=O)Nc3cc(C)cc(C)c3)c2)n1. The van der Waals surface area contributed by atoms with Crippen molar-refractivity contribution in [3.8, 4) is 17.3 Å².